The summed E-state index contributed by atoms with van der Waals surface area (Å²) in [5, 5.41) is 6.02. The lowest BCUT2D eigenvalue weighted by molar-refractivity contribution is -0.120. The minimum Gasteiger partial charge on any atom is -0.332 e. The topological polar surface area (TPSA) is 61.4 Å². The number of thiocarbonyl (C=S) groups is 1. The lowest BCUT2D eigenvalue weighted by Crippen LogP contribution is -2.34. The third kappa shape index (κ3) is 6.39. The predicted octanol–water partition coefficient (Wildman–Crippen LogP) is 5.14. The van der Waals surface area contributed by atoms with Crippen molar-refractivity contribution in [2.75, 3.05) is 17.3 Å². The summed E-state index contributed by atoms with van der Waals surface area (Å²) in [5.41, 5.74) is 2.03. The normalized spacial score (nSPS) is 14.0. The average Bonchev–Trinajstić information content (AvgIpc) is 2.78. The second kappa shape index (κ2) is 10.9. The number of nitrogens with zero attached hydrogens (tertiary/aromatic N) is 1. The first-order valence-electron chi connectivity index (χ1n) is 10.6. The molecule has 1 aliphatic carbocycles. The van der Waals surface area contributed by atoms with Crippen molar-refractivity contribution in [1.29, 1.82) is 0 Å². The Morgan fingerprint density at radius 2 is 1.77 bits per heavy atom. The molecule has 30 heavy (non-hydrogen) atoms. The third-order valence-electron chi connectivity index (χ3n) is 5.57. The van der Waals surface area contributed by atoms with E-state index in [1.165, 1.54) is 32.1 Å². The van der Waals surface area contributed by atoms with E-state index in [1.54, 1.807) is 30.1 Å². The molecule has 2 aromatic carbocycles. The van der Waals surface area contributed by atoms with Crippen molar-refractivity contribution in [3.05, 3.63) is 60.2 Å². The molecular formula is C24H29N3O2S. The van der Waals surface area contributed by atoms with Crippen molar-refractivity contribution in [3.63, 3.8) is 0 Å². The van der Waals surface area contributed by atoms with E-state index in [4.69, 9.17) is 12.2 Å². The molecule has 0 aliphatic heterocycles. The fourth-order valence-electron chi connectivity index (χ4n) is 3.85. The summed E-state index contributed by atoms with van der Waals surface area (Å²) >= 11 is 5.28. The Kier molecular flexibility index (Phi) is 7.97. The molecule has 2 amide bonds. The molecule has 158 valence electrons. The first kappa shape index (κ1) is 22.0. The number of carbonyl (C=O) groups excluding carboxylic acids is 2. The molecule has 3 rings (SSSR count). The number of benzene rings is 2. The molecule has 1 aliphatic rings. The number of anilines is 2. The minimum absolute atomic E-state index is 0.0610. The predicted molar refractivity (Wildman–Crippen MR) is 126 cm³/mol. The molecule has 0 spiro atoms. The average molecular weight is 424 g/mol. The zero-order valence-corrected chi connectivity index (χ0v) is 18.2. The summed E-state index contributed by atoms with van der Waals surface area (Å²) in [7, 11) is 1.74. The van der Waals surface area contributed by atoms with E-state index in [-0.39, 0.29) is 16.9 Å². The number of para-hydroxylation sites is 1. The van der Waals surface area contributed by atoms with Crippen LogP contribution in [-0.4, -0.2) is 24.0 Å². The molecule has 0 unspecified atom stereocenters. The van der Waals surface area contributed by atoms with Crippen LogP contribution in [0.5, 0.6) is 0 Å². The lowest BCUT2D eigenvalue weighted by Gasteiger charge is -2.21. The molecule has 5 nitrogen and oxygen atoms in total. The first-order valence-corrected chi connectivity index (χ1v) is 11.0. The van der Waals surface area contributed by atoms with Crippen molar-refractivity contribution in [2.24, 2.45) is 5.92 Å². The zero-order chi connectivity index (χ0) is 21.3. The van der Waals surface area contributed by atoms with Crippen LogP contribution in [0.2, 0.25) is 0 Å². The van der Waals surface area contributed by atoms with E-state index in [9.17, 15) is 9.59 Å². The molecule has 0 saturated heterocycles. The fraction of sp³-hybridized carbons (Fsp3) is 0.375. The maximum atomic E-state index is 12.8. The van der Waals surface area contributed by atoms with Gasteiger partial charge >= 0.3 is 0 Å². The van der Waals surface area contributed by atoms with Crippen molar-refractivity contribution in [1.82, 2.24) is 5.32 Å². The summed E-state index contributed by atoms with van der Waals surface area (Å²) in [6.07, 6.45) is 7.75. The van der Waals surface area contributed by atoms with Gasteiger partial charge in [0, 0.05) is 30.4 Å². The van der Waals surface area contributed by atoms with Crippen LogP contribution in [-0.2, 0) is 4.79 Å². The Balaban J connectivity index is 1.52. The Morgan fingerprint density at radius 3 is 2.50 bits per heavy atom. The highest BCUT2D eigenvalue weighted by Crippen LogP contribution is 2.27. The van der Waals surface area contributed by atoms with E-state index in [0.717, 1.165) is 12.1 Å². The lowest BCUT2D eigenvalue weighted by atomic mass is 9.86. The van der Waals surface area contributed by atoms with Gasteiger partial charge in [-0.25, -0.2) is 0 Å². The van der Waals surface area contributed by atoms with Gasteiger partial charge in [-0.2, -0.15) is 0 Å². The molecular weight excluding hydrogens is 394 g/mol. The number of nitrogens with one attached hydrogen (secondary N) is 2. The molecule has 0 atom stereocenters. The second-order valence-corrected chi connectivity index (χ2v) is 8.23. The van der Waals surface area contributed by atoms with Gasteiger partial charge in [-0.15, -0.1) is 0 Å². The van der Waals surface area contributed by atoms with Crippen LogP contribution < -0.4 is 15.5 Å². The number of hydrogen-bond acceptors (Lipinski definition) is 3. The molecule has 0 heterocycles. The highest BCUT2D eigenvalue weighted by Gasteiger charge is 2.16. The van der Waals surface area contributed by atoms with E-state index < -0.39 is 0 Å². The Labute approximate surface area is 183 Å². The van der Waals surface area contributed by atoms with Crippen molar-refractivity contribution >= 4 is 40.5 Å². The molecule has 0 radical (unpaired) electrons. The smallest absolute Gasteiger partial charge is 0.258 e. The van der Waals surface area contributed by atoms with Crippen molar-refractivity contribution in [3.8, 4) is 0 Å². The maximum Gasteiger partial charge on any atom is 0.258 e. The molecule has 0 aromatic heterocycles. The second-order valence-electron chi connectivity index (χ2n) is 7.83. The summed E-state index contributed by atoms with van der Waals surface area (Å²) in [6, 6.07) is 16.6. The Hall–Kier alpha value is -2.73. The molecule has 2 aromatic rings. The highest BCUT2D eigenvalue weighted by atomic mass is 32.1. The van der Waals surface area contributed by atoms with Crippen LogP contribution in [0.25, 0.3) is 0 Å². The highest BCUT2D eigenvalue weighted by molar-refractivity contribution is 7.80. The van der Waals surface area contributed by atoms with Gasteiger partial charge in [-0.3, -0.25) is 9.59 Å². The first-order chi connectivity index (χ1) is 14.5. The van der Waals surface area contributed by atoms with Gasteiger partial charge in [0.05, 0.1) is 0 Å². The number of hydrogen-bond donors (Lipinski definition) is 2. The van der Waals surface area contributed by atoms with Crippen LogP contribution >= 0.6 is 12.2 Å². The number of rotatable bonds is 6. The monoisotopic (exact) mass is 423 g/mol. The van der Waals surface area contributed by atoms with E-state index in [1.807, 2.05) is 36.4 Å². The van der Waals surface area contributed by atoms with Gasteiger partial charge in [0.1, 0.15) is 0 Å². The zero-order valence-electron chi connectivity index (χ0n) is 17.4. The van der Waals surface area contributed by atoms with Crippen LogP contribution in [0.1, 0.15) is 55.3 Å². The maximum absolute atomic E-state index is 12.8. The summed E-state index contributed by atoms with van der Waals surface area (Å²) in [5.74, 6) is 0.483. The third-order valence-corrected chi connectivity index (χ3v) is 5.78. The van der Waals surface area contributed by atoms with Gasteiger partial charge in [0.15, 0.2) is 5.11 Å². The van der Waals surface area contributed by atoms with Gasteiger partial charge in [0.25, 0.3) is 5.91 Å². The van der Waals surface area contributed by atoms with Crippen molar-refractivity contribution in [2.45, 2.75) is 44.9 Å². The van der Waals surface area contributed by atoms with Crippen LogP contribution in [0.4, 0.5) is 11.4 Å². The van der Waals surface area contributed by atoms with Crippen molar-refractivity contribution < 1.29 is 9.59 Å². The Morgan fingerprint density at radius 1 is 1.03 bits per heavy atom. The molecule has 0 bridgehead atoms. The molecule has 1 saturated carbocycles. The van der Waals surface area contributed by atoms with Crippen LogP contribution in [0, 0.1) is 5.92 Å². The van der Waals surface area contributed by atoms with Crippen LogP contribution in [0.3, 0.4) is 0 Å². The SMILES string of the molecule is CN(C(=O)c1cccc(NC(=S)NC(=O)CCC2CCCCC2)c1)c1ccccc1. The molecule has 2 N–H and O–H groups in total. The molecule has 1 fully saturated rings. The minimum atomic E-state index is -0.118. The quantitative estimate of drug-likeness (QED) is 0.632. The Bertz CT molecular complexity index is 879. The largest absolute Gasteiger partial charge is 0.332 e. The van der Waals surface area contributed by atoms with Gasteiger partial charge in [0.2, 0.25) is 5.91 Å². The number of carbonyl (C=O) groups is 2. The van der Waals surface area contributed by atoms with Crippen LogP contribution in [0.15, 0.2) is 54.6 Å². The van der Waals surface area contributed by atoms with E-state index in [0.29, 0.717) is 23.6 Å². The van der Waals surface area contributed by atoms with Gasteiger partial charge < -0.3 is 15.5 Å². The van der Waals surface area contributed by atoms with Gasteiger partial charge in [-0.05, 0) is 54.9 Å². The van der Waals surface area contributed by atoms with E-state index >= 15 is 0 Å². The molecule has 6 heteroatoms. The summed E-state index contributed by atoms with van der Waals surface area (Å²) in [6.45, 7) is 0. The fourth-order valence-corrected chi connectivity index (χ4v) is 4.09. The summed E-state index contributed by atoms with van der Waals surface area (Å²) < 4.78 is 0. The van der Waals surface area contributed by atoms with Gasteiger partial charge in [-0.1, -0.05) is 56.4 Å². The number of amides is 2. The standard InChI is InChI=1S/C24H29N3O2S/c1-27(21-13-6-3-7-14-21)23(29)19-11-8-12-20(17-19)25-24(30)26-22(28)16-15-18-9-4-2-5-10-18/h3,6-8,11-14,17-18H,2,4-5,9-10,15-16H2,1H3,(H2,25,26,28,30). The van der Waals surface area contributed by atoms with E-state index in [2.05, 4.69) is 10.6 Å². The summed E-state index contributed by atoms with van der Waals surface area (Å²) in [4.78, 5) is 26.6.